The van der Waals surface area contributed by atoms with E-state index in [9.17, 15) is 57.5 Å². The van der Waals surface area contributed by atoms with Gasteiger partial charge in [0.2, 0.25) is 5.91 Å². The van der Waals surface area contributed by atoms with E-state index in [0.717, 1.165) is 25.1 Å². The van der Waals surface area contributed by atoms with Gasteiger partial charge in [-0.25, -0.2) is 21.0 Å². The Morgan fingerprint density at radius 1 is 0.843 bits per heavy atom. The maximum Gasteiger partial charge on any atom is 1.00 e. The number of nitrogens with zero attached hydrogens (tertiary/aromatic N) is 2. The van der Waals surface area contributed by atoms with Crippen LogP contribution >= 0.6 is 0 Å². The van der Waals surface area contributed by atoms with Gasteiger partial charge >= 0.3 is 40.0 Å². The fourth-order valence-corrected chi connectivity index (χ4v) is 7.03. The summed E-state index contributed by atoms with van der Waals surface area (Å²) in [6, 6.07) is 12.1. The molecule has 24 heteroatoms. The number of rotatable bonds is 12. The standard InChI is InChI=1S/C27H24N4O15S4.Na/c1-15(32)28-22-14-21(48(37,38)39)11-17-12-23(49(40,41)42)25(26(33)24(17)22)31-30-18-7-5-16(6-8-18)27(34)29-19-3-2-4-20(13-19)47(35,36)10-9-46-50(43,44)45;/h2-8,11-14,33H,9-10H2,1H3,(H,28,32)(H,29,34)(H,37,38,39)(H,40,41,42)(H,43,44,45);/q;+1/p-1. The first-order valence-electron chi connectivity index (χ1n) is 13.4. The van der Waals surface area contributed by atoms with Crippen molar-refractivity contribution in [2.75, 3.05) is 23.0 Å². The largest absolute Gasteiger partial charge is 1.00 e. The molecule has 0 bridgehead atoms. The van der Waals surface area contributed by atoms with Crippen LogP contribution in [0.4, 0.5) is 22.7 Å². The van der Waals surface area contributed by atoms with Gasteiger partial charge in [0.1, 0.15) is 15.8 Å². The molecule has 0 heterocycles. The third kappa shape index (κ3) is 10.8. The number of carbonyl (C=O) groups is 2. The smallest absolute Gasteiger partial charge is 0.744 e. The number of nitrogens with one attached hydrogen (secondary N) is 2. The number of benzene rings is 4. The SMILES string of the molecule is CC(=O)Nc1cc(S(=O)(=O)O)cc2cc(S(=O)(=O)[O-])c(N=Nc3ccc(C(=O)Nc4cccc(S(=O)(=O)CCOS(=O)(=O)O)c4)cc3)c(O)c12.[Na+]. The molecule has 0 atom stereocenters. The second kappa shape index (κ2) is 15.8. The van der Waals surface area contributed by atoms with Gasteiger partial charge in [-0.15, -0.1) is 5.11 Å². The van der Waals surface area contributed by atoms with Gasteiger partial charge in [-0.3, -0.25) is 18.7 Å². The number of carbonyl (C=O) groups excluding carboxylic acids is 2. The number of aromatic hydroxyl groups is 1. The molecular formula is C27H23N4NaO15S4. The van der Waals surface area contributed by atoms with Crippen LogP contribution in [0.3, 0.4) is 0 Å². The number of anilines is 2. The molecule has 0 radical (unpaired) electrons. The zero-order valence-electron chi connectivity index (χ0n) is 26.0. The maximum atomic E-state index is 12.8. The Hall–Kier alpha value is -3.88. The molecule has 0 aliphatic rings. The Morgan fingerprint density at radius 2 is 1.49 bits per heavy atom. The van der Waals surface area contributed by atoms with E-state index in [2.05, 4.69) is 25.0 Å². The molecule has 4 aromatic carbocycles. The fraction of sp³-hybridized carbons (Fsp3) is 0.111. The van der Waals surface area contributed by atoms with Crippen molar-refractivity contribution in [2.24, 2.45) is 10.2 Å². The molecule has 0 aliphatic heterocycles. The predicted octanol–water partition coefficient (Wildman–Crippen LogP) is -0.0806. The number of azo groups is 1. The van der Waals surface area contributed by atoms with E-state index < -0.39 is 85.9 Å². The topological polar surface area (TPSA) is 312 Å². The minimum Gasteiger partial charge on any atom is -0.744 e. The molecule has 0 aromatic heterocycles. The zero-order valence-corrected chi connectivity index (χ0v) is 31.3. The number of phenolic OH excluding ortho intramolecular Hbond substituents is 1. The first-order chi connectivity index (χ1) is 23.0. The first kappa shape index (κ1) is 41.5. The molecule has 0 aliphatic carbocycles. The summed E-state index contributed by atoms with van der Waals surface area (Å²) in [5.41, 5.74) is -1.23. The second-order valence-electron chi connectivity index (χ2n) is 10.0. The Morgan fingerprint density at radius 3 is 2.06 bits per heavy atom. The summed E-state index contributed by atoms with van der Waals surface area (Å²) in [5.74, 6) is -3.25. The van der Waals surface area contributed by atoms with Crippen LogP contribution in [0, 0.1) is 0 Å². The van der Waals surface area contributed by atoms with Crippen molar-refractivity contribution < 1.29 is 95.8 Å². The number of hydrogen-bond donors (Lipinski definition) is 5. The van der Waals surface area contributed by atoms with Crippen molar-refractivity contribution >= 4 is 85.8 Å². The van der Waals surface area contributed by atoms with E-state index in [4.69, 9.17) is 4.55 Å². The van der Waals surface area contributed by atoms with Crippen LogP contribution in [0.5, 0.6) is 5.75 Å². The Bertz CT molecular complexity index is 2510. The van der Waals surface area contributed by atoms with E-state index in [-0.39, 0.29) is 67.9 Å². The van der Waals surface area contributed by atoms with E-state index >= 15 is 0 Å². The molecule has 19 nitrogen and oxygen atoms in total. The average Bonchev–Trinajstić information content (AvgIpc) is 2.98. The summed E-state index contributed by atoms with van der Waals surface area (Å²) >= 11 is 0. The number of phenols is 1. The summed E-state index contributed by atoms with van der Waals surface area (Å²) in [4.78, 5) is 22.4. The molecule has 5 N–H and O–H groups in total. The second-order valence-corrected chi connectivity index (χ2v) is 16.0. The molecule has 4 rings (SSSR count). The molecule has 0 spiro atoms. The van der Waals surface area contributed by atoms with Gasteiger partial charge in [0, 0.05) is 23.6 Å². The number of amides is 2. The Labute approximate surface area is 312 Å². The zero-order chi connectivity index (χ0) is 37.2. The van der Waals surface area contributed by atoms with Gasteiger partial charge in [0.25, 0.3) is 16.0 Å². The van der Waals surface area contributed by atoms with Gasteiger partial charge in [-0.1, -0.05) is 6.07 Å². The maximum absolute atomic E-state index is 12.8. The van der Waals surface area contributed by atoms with Crippen molar-refractivity contribution in [1.82, 2.24) is 0 Å². The van der Waals surface area contributed by atoms with Crippen LogP contribution in [-0.4, -0.2) is 76.6 Å². The summed E-state index contributed by atoms with van der Waals surface area (Å²) in [6.07, 6.45) is 0. The molecular weight excluding hydrogens is 772 g/mol. The van der Waals surface area contributed by atoms with E-state index in [1.165, 1.54) is 42.5 Å². The molecule has 51 heavy (non-hydrogen) atoms. The summed E-state index contributed by atoms with van der Waals surface area (Å²) in [6.45, 7) is 0.188. The van der Waals surface area contributed by atoms with E-state index in [1.807, 2.05) is 0 Å². The quantitative estimate of drug-likeness (QED) is 0.0712. The normalized spacial score (nSPS) is 12.4. The van der Waals surface area contributed by atoms with Crippen molar-refractivity contribution in [3.05, 3.63) is 72.3 Å². The van der Waals surface area contributed by atoms with E-state index in [0.29, 0.717) is 6.07 Å². The third-order valence-corrected chi connectivity index (χ3v) is 10.3. The predicted molar refractivity (Wildman–Crippen MR) is 172 cm³/mol. The molecule has 2 amide bonds. The van der Waals surface area contributed by atoms with Crippen molar-refractivity contribution in [3.8, 4) is 5.75 Å². The van der Waals surface area contributed by atoms with E-state index in [1.54, 1.807) is 0 Å². The minimum absolute atomic E-state index is 0. The van der Waals surface area contributed by atoms with Crippen molar-refractivity contribution in [1.29, 1.82) is 0 Å². The average molecular weight is 795 g/mol. The number of hydrogen-bond acceptors (Lipinski definition) is 15. The monoisotopic (exact) mass is 794 g/mol. The molecule has 0 saturated heterocycles. The Kier molecular flexibility index (Phi) is 12.9. The van der Waals surface area contributed by atoms with Gasteiger partial charge in [0.05, 0.1) is 38.4 Å². The molecule has 0 unspecified atom stereocenters. The van der Waals surface area contributed by atoms with Crippen LogP contribution < -0.4 is 40.2 Å². The van der Waals surface area contributed by atoms with Gasteiger partial charge in [0.15, 0.2) is 15.6 Å². The fourth-order valence-electron chi connectivity index (χ4n) is 4.31. The summed E-state index contributed by atoms with van der Waals surface area (Å²) < 4.78 is 128. The number of sulfone groups is 1. The van der Waals surface area contributed by atoms with Crippen LogP contribution in [-0.2, 0) is 49.5 Å². The summed E-state index contributed by atoms with van der Waals surface area (Å²) in [7, 11) is -19.2. The molecule has 266 valence electrons. The number of fused-ring (bicyclic) bond motifs is 1. The molecule has 4 aromatic rings. The van der Waals surface area contributed by atoms with Crippen LogP contribution in [0.25, 0.3) is 10.8 Å². The van der Waals surface area contributed by atoms with Crippen LogP contribution in [0.1, 0.15) is 17.3 Å². The van der Waals surface area contributed by atoms with Gasteiger partial charge in [-0.05, 0) is 66.0 Å². The van der Waals surface area contributed by atoms with Gasteiger partial charge < -0.3 is 20.3 Å². The first-order valence-corrected chi connectivity index (χ1v) is 19.2. The Balaban J connectivity index is 0.00000702. The summed E-state index contributed by atoms with van der Waals surface area (Å²) in [5, 5.41) is 22.5. The minimum atomic E-state index is -5.40. The third-order valence-electron chi connectivity index (χ3n) is 6.43. The van der Waals surface area contributed by atoms with Crippen molar-refractivity contribution in [2.45, 2.75) is 21.6 Å². The van der Waals surface area contributed by atoms with Crippen LogP contribution in [0.2, 0.25) is 0 Å². The molecule has 0 saturated carbocycles. The molecule has 0 fully saturated rings. The van der Waals surface area contributed by atoms with Gasteiger partial charge in [-0.2, -0.15) is 21.9 Å². The van der Waals surface area contributed by atoms with Crippen LogP contribution in [0.15, 0.2) is 91.6 Å². The van der Waals surface area contributed by atoms with Crippen molar-refractivity contribution in [3.63, 3.8) is 0 Å².